The average molecular weight is 253 g/mol. The summed E-state index contributed by atoms with van der Waals surface area (Å²) in [5.74, 6) is 0.656. The maximum Gasteiger partial charge on any atom is 0.273 e. The lowest BCUT2D eigenvalue weighted by Gasteiger charge is -2.14. The van der Waals surface area contributed by atoms with Crippen LogP contribution < -0.4 is 4.74 Å². The van der Waals surface area contributed by atoms with Crippen LogP contribution in [-0.4, -0.2) is 23.2 Å². The third kappa shape index (κ3) is 4.00. The number of aliphatic hydroxyl groups is 1. The van der Waals surface area contributed by atoms with Crippen LogP contribution in [0.1, 0.15) is 25.8 Å². The topological polar surface area (TPSA) is 72.6 Å². The van der Waals surface area contributed by atoms with Crippen LogP contribution in [0.5, 0.6) is 5.75 Å². The first-order valence-electron chi connectivity index (χ1n) is 5.94. The van der Waals surface area contributed by atoms with Crippen LogP contribution >= 0.6 is 0 Å². The first kappa shape index (κ1) is 14.4. The number of nitro groups is 1. The number of aliphatic hydroxyl groups excluding tert-OH is 1. The van der Waals surface area contributed by atoms with Gasteiger partial charge in [-0.05, 0) is 30.4 Å². The minimum Gasteiger partial charge on any atom is -0.496 e. The molecule has 0 bridgehead atoms. The number of benzene rings is 1. The van der Waals surface area contributed by atoms with Crippen LogP contribution in [0.25, 0.3) is 0 Å². The summed E-state index contributed by atoms with van der Waals surface area (Å²) in [5.41, 5.74) is 0.823. The first-order chi connectivity index (χ1) is 8.43. The summed E-state index contributed by atoms with van der Waals surface area (Å²) in [6.07, 6.45) is 0.787. The molecule has 0 fully saturated rings. The van der Waals surface area contributed by atoms with Crippen molar-refractivity contribution in [2.45, 2.75) is 32.8 Å². The van der Waals surface area contributed by atoms with Crippen LogP contribution in [0, 0.1) is 16.0 Å². The Morgan fingerprint density at radius 1 is 1.39 bits per heavy atom. The van der Waals surface area contributed by atoms with E-state index >= 15 is 0 Å². The molecule has 0 radical (unpaired) electrons. The van der Waals surface area contributed by atoms with Gasteiger partial charge >= 0.3 is 0 Å². The molecule has 5 heteroatoms. The Morgan fingerprint density at radius 3 is 2.56 bits per heavy atom. The molecule has 1 atom stereocenters. The molecule has 0 spiro atoms. The lowest BCUT2D eigenvalue weighted by molar-refractivity contribution is -0.385. The Kier molecular flexibility index (Phi) is 5.09. The Bertz CT molecular complexity index is 417. The molecule has 5 nitrogen and oxygen atoms in total. The molecule has 0 aromatic heterocycles. The van der Waals surface area contributed by atoms with Gasteiger partial charge in [-0.3, -0.25) is 10.1 Å². The number of nitro benzene ring substituents is 1. The molecular weight excluding hydrogens is 234 g/mol. The number of methoxy groups -OCH3 is 1. The minimum atomic E-state index is -0.440. The van der Waals surface area contributed by atoms with E-state index in [1.807, 2.05) is 13.8 Å². The summed E-state index contributed by atoms with van der Waals surface area (Å²) in [6.45, 7) is 3.89. The zero-order valence-electron chi connectivity index (χ0n) is 10.9. The molecule has 0 heterocycles. The van der Waals surface area contributed by atoms with Gasteiger partial charge in [-0.15, -0.1) is 0 Å². The van der Waals surface area contributed by atoms with E-state index in [0.29, 0.717) is 18.6 Å². The summed E-state index contributed by atoms with van der Waals surface area (Å²) in [7, 11) is 1.48. The highest BCUT2D eigenvalue weighted by molar-refractivity contribution is 5.42. The summed E-state index contributed by atoms with van der Waals surface area (Å²) in [6, 6.07) is 4.68. The number of rotatable bonds is 6. The monoisotopic (exact) mass is 253 g/mol. The first-order valence-corrected chi connectivity index (χ1v) is 5.94. The van der Waals surface area contributed by atoms with Crippen LogP contribution in [0.4, 0.5) is 5.69 Å². The molecule has 0 aliphatic carbocycles. The molecule has 1 aromatic carbocycles. The van der Waals surface area contributed by atoms with Crippen molar-refractivity contribution in [3.63, 3.8) is 0 Å². The lowest BCUT2D eigenvalue weighted by Crippen LogP contribution is -2.15. The number of nitrogens with zero attached hydrogens (tertiary/aromatic N) is 1. The molecule has 100 valence electrons. The largest absolute Gasteiger partial charge is 0.496 e. The molecule has 1 unspecified atom stereocenters. The Labute approximate surface area is 107 Å². The predicted molar refractivity (Wildman–Crippen MR) is 68.8 cm³/mol. The molecule has 0 aliphatic rings. The summed E-state index contributed by atoms with van der Waals surface area (Å²) >= 11 is 0. The second-order valence-corrected chi connectivity index (χ2v) is 4.65. The second kappa shape index (κ2) is 6.35. The van der Waals surface area contributed by atoms with Gasteiger partial charge in [0.25, 0.3) is 5.69 Å². The number of aryl methyl sites for hydroxylation is 1. The fourth-order valence-corrected chi connectivity index (χ4v) is 1.66. The average Bonchev–Trinajstić information content (AvgIpc) is 2.35. The number of non-ortho nitro benzene ring substituents is 1. The normalized spacial score (nSPS) is 12.5. The molecule has 1 aromatic rings. The molecule has 18 heavy (non-hydrogen) atoms. The fourth-order valence-electron chi connectivity index (χ4n) is 1.66. The van der Waals surface area contributed by atoms with E-state index in [9.17, 15) is 15.2 Å². The van der Waals surface area contributed by atoms with Gasteiger partial charge in [0.05, 0.1) is 24.2 Å². The SMILES string of the molecule is COc1cc(CCC(O)C(C)C)cc([N+](=O)[O-])c1. The highest BCUT2D eigenvalue weighted by Crippen LogP contribution is 2.24. The van der Waals surface area contributed by atoms with Crippen molar-refractivity contribution in [2.75, 3.05) is 7.11 Å². The smallest absolute Gasteiger partial charge is 0.273 e. The minimum absolute atomic E-state index is 0.0170. The summed E-state index contributed by atoms with van der Waals surface area (Å²) in [4.78, 5) is 10.3. The zero-order valence-corrected chi connectivity index (χ0v) is 10.9. The van der Waals surface area contributed by atoms with E-state index in [4.69, 9.17) is 4.74 Å². The van der Waals surface area contributed by atoms with Gasteiger partial charge in [-0.2, -0.15) is 0 Å². The van der Waals surface area contributed by atoms with Gasteiger partial charge in [0.15, 0.2) is 0 Å². The molecule has 1 N–H and O–H groups in total. The number of hydrogen-bond donors (Lipinski definition) is 1. The number of hydrogen-bond acceptors (Lipinski definition) is 4. The predicted octanol–water partition coefficient (Wildman–Crippen LogP) is 2.55. The highest BCUT2D eigenvalue weighted by atomic mass is 16.6. The maximum absolute atomic E-state index is 10.8. The van der Waals surface area contributed by atoms with Gasteiger partial charge < -0.3 is 9.84 Å². The fraction of sp³-hybridized carbons (Fsp3) is 0.538. The van der Waals surface area contributed by atoms with Gasteiger partial charge in [0, 0.05) is 6.07 Å². The van der Waals surface area contributed by atoms with Crippen molar-refractivity contribution in [3.8, 4) is 5.75 Å². The number of ether oxygens (including phenoxy) is 1. The van der Waals surface area contributed by atoms with Crippen molar-refractivity contribution in [2.24, 2.45) is 5.92 Å². The van der Waals surface area contributed by atoms with Crippen molar-refractivity contribution in [1.82, 2.24) is 0 Å². The molecule has 0 saturated carbocycles. The molecule has 1 rings (SSSR count). The van der Waals surface area contributed by atoms with Crippen LogP contribution in [0.3, 0.4) is 0 Å². The molecule has 0 amide bonds. The van der Waals surface area contributed by atoms with E-state index in [2.05, 4.69) is 0 Å². The highest BCUT2D eigenvalue weighted by Gasteiger charge is 2.13. The van der Waals surface area contributed by atoms with Gasteiger partial charge in [-0.25, -0.2) is 0 Å². The van der Waals surface area contributed by atoms with Gasteiger partial charge in [0.1, 0.15) is 5.75 Å². The second-order valence-electron chi connectivity index (χ2n) is 4.65. The van der Waals surface area contributed by atoms with Crippen molar-refractivity contribution in [1.29, 1.82) is 0 Å². The van der Waals surface area contributed by atoms with E-state index in [-0.39, 0.29) is 11.6 Å². The van der Waals surface area contributed by atoms with Gasteiger partial charge in [-0.1, -0.05) is 13.8 Å². The standard InChI is InChI=1S/C13H19NO4/c1-9(2)13(15)5-4-10-6-11(14(16)17)8-12(7-10)18-3/h6-9,13,15H,4-5H2,1-3H3. The van der Waals surface area contributed by atoms with Crippen LogP contribution in [-0.2, 0) is 6.42 Å². The summed E-state index contributed by atoms with van der Waals surface area (Å²) in [5, 5.41) is 20.5. The Hall–Kier alpha value is -1.62. The van der Waals surface area contributed by atoms with Gasteiger partial charge in [0.2, 0.25) is 0 Å². The van der Waals surface area contributed by atoms with E-state index in [0.717, 1.165) is 5.56 Å². The molecule has 0 aliphatic heterocycles. The van der Waals surface area contributed by atoms with Crippen LogP contribution in [0.15, 0.2) is 18.2 Å². The quantitative estimate of drug-likeness (QED) is 0.624. The Morgan fingerprint density at radius 2 is 2.06 bits per heavy atom. The lowest BCUT2D eigenvalue weighted by atomic mass is 9.99. The van der Waals surface area contributed by atoms with E-state index in [1.54, 1.807) is 6.07 Å². The van der Waals surface area contributed by atoms with Crippen LogP contribution in [0.2, 0.25) is 0 Å². The van der Waals surface area contributed by atoms with Crippen molar-refractivity contribution < 1.29 is 14.8 Å². The summed E-state index contributed by atoms with van der Waals surface area (Å²) < 4.78 is 5.03. The van der Waals surface area contributed by atoms with E-state index < -0.39 is 11.0 Å². The molecule has 0 saturated heterocycles. The van der Waals surface area contributed by atoms with E-state index in [1.165, 1.54) is 19.2 Å². The zero-order chi connectivity index (χ0) is 13.7. The van der Waals surface area contributed by atoms with Crippen molar-refractivity contribution >= 4 is 5.69 Å². The third-order valence-electron chi connectivity index (χ3n) is 2.90. The molecular formula is C13H19NO4. The third-order valence-corrected chi connectivity index (χ3v) is 2.90. The Balaban J connectivity index is 2.81. The van der Waals surface area contributed by atoms with Crippen molar-refractivity contribution in [3.05, 3.63) is 33.9 Å². The maximum atomic E-state index is 10.8.